The number of hydrogen-bond donors (Lipinski definition) is 2. The van der Waals surface area contributed by atoms with Crippen LogP contribution < -0.4 is 0 Å². The Morgan fingerprint density at radius 1 is 1.41 bits per heavy atom. The molecule has 0 radical (unpaired) electrons. The van der Waals surface area contributed by atoms with Crippen LogP contribution in [0.2, 0.25) is 0 Å². The van der Waals surface area contributed by atoms with Crippen LogP contribution in [-0.4, -0.2) is 48.3 Å². The van der Waals surface area contributed by atoms with Crippen molar-refractivity contribution < 1.29 is 19.7 Å². The Kier molecular flexibility index (Phi) is 5.09. The van der Waals surface area contributed by atoms with Crippen LogP contribution in [0.4, 0.5) is 0 Å². The molecule has 0 saturated carbocycles. The van der Waals surface area contributed by atoms with Gasteiger partial charge in [0.2, 0.25) is 0 Å². The van der Waals surface area contributed by atoms with Gasteiger partial charge >= 0.3 is 5.97 Å². The molecule has 1 aromatic rings. The second-order valence-electron chi connectivity index (χ2n) is 3.92. The van der Waals surface area contributed by atoms with E-state index in [2.05, 4.69) is 0 Å². The van der Waals surface area contributed by atoms with Crippen molar-refractivity contribution in [2.75, 3.05) is 27.2 Å². The first kappa shape index (κ1) is 13.6. The zero-order valence-corrected chi connectivity index (χ0v) is 9.96. The van der Waals surface area contributed by atoms with Crippen LogP contribution in [0, 0.1) is 0 Å². The average molecular weight is 239 g/mol. The van der Waals surface area contributed by atoms with Gasteiger partial charge in [0.05, 0.1) is 12.2 Å². The summed E-state index contributed by atoms with van der Waals surface area (Å²) in [6, 6.07) is 6.26. The number of carboxylic acids is 1. The molecule has 1 atom stereocenters. The standard InChI is InChI=1S/C12H17NO4/c1-13(2)7-8-17-12(16)10-6-4-3-5-9(10)11(14)15/h3-6,12,16H,7-8H2,1-2H3,(H,14,15). The molecule has 1 unspecified atom stereocenters. The first-order valence-electron chi connectivity index (χ1n) is 5.29. The van der Waals surface area contributed by atoms with Gasteiger partial charge in [-0.2, -0.15) is 0 Å². The molecule has 1 rings (SSSR count). The maximum absolute atomic E-state index is 10.9. The molecule has 2 N–H and O–H groups in total. The second kappa shape index (κ2) is 6.34. The van der Waals surface area contributed by atoms with Crippen LogP contribution in [0.5, 0.6) is 0 Å². The number of hydrogen-bond acceptors (Lipinski definition) is 4. The minimum absolute atomic E-state index is 0.0600. The molecule has 0 spiro atoms. The molecule has 0 saturated heterocycles. The van der Waals surface area contributed by atoms with Crippen LogP contribution >= 0.6 is 0 Å². The van der Waals surface area contributed by atoms with Gasteiger partial charge in [-0.25, -0.2) is 4.79 Å². The number of benzene rings is 1. The summed E-state index contributed by atoms with van der Waals surface area (Å²) >= 11 is 0. The molecule has 0 aliphatic carbocycles. The van der Waals surface area contributed by atoms with Crippen LogP contribution in [0.25, 0.3) is 0 Å². The molecule has 5 nitrogen and oxygen atoms in total. The lowest BCUT2D eigenvalue weighted by Gasteiger charge is -2.16. The average Bonchev–Trinajstić information content (AvgIpc) is 2.28. The van der Waals surface area contributed by atoms with E-state index in [9.17, 15) is 9.90 Å². The van der Waals surface area contributed by atoms with Gasteiger partial charge in [-0.3, -0.25) is 0 Å². The smallest absolute Gasteiger partial charge is 0.336 e. The SMILES string of the molecule is CN(C)CCOC(O)c1ccccc1C(=O)O. The highest BCUT2D eigenvalue weighted by Crippen LogP contribution is 2.18. The Balaban J connectivity index is 2.68. The van der Waals surface area contributed by atoms with Crippen molar-refractivity contribution in [2.45, 2.75) is 6.29 Å². The van der Waals surface area contributed by atoms with Crippen molar-refractivity contribution in [1.82, 2.24) is 4.90 Å². The molecule has 0 aliphatic rings. The maximum Gasteiger partial charge on any atom is 0.336 e. The highest BCUT2D eigenvalue weighted by atomic mass is 16.6. The minimum Gasteiger partial charge on any atom is -0.478 e. The predicted molar refractivity (Wildman–Crippen MR) is 62.9 cm³/mol. The van der Waals surface area contributed by atoms with Crippen LogP contribution in [0.15, 0.2) is 24.3 Å². The summed E-state index contributed by atoms with van der Waals surface area (Å²) in [6.45, 7) is 0.994. The monoisotopic (exact) mass is 239 g/mol. The van der Waals surface area contributed by atoms with Crippen molar-refractivity contribution in [3.05, 3.63) is 35.4 Å². The molecule has 0 bridgehead atoms. The molecule has 0 fully saturated rings. The number of aromatic carboxylic acids is 1. The van der Waals surface area contributed by atoms with Crippen molar-refractivity contribution >= 4 is 5.97 Å². The summed E-state index contributed by atoms with van der Waals surface area (Å²) in [5.74, 6) is -1.07. The molecule has 0 amide bonds. The quantitative estimate of drug-likeness (QED) is 0.723. The lowest BCUT2D eigenvalue weighted by Crippen LogP contribution is -2.20. The number of carboxylic acid groups (broad SMARTS) is 1. The van der Waals surface area contributed by atoms with Gasteiger partial charge < -0.3 is 19.8 Å². The van der Waals surface area contributed by atoms with Gasteiger partial charge in [0, 0.05) is 12.1 Å². The van der Waals surface area contributed by atoms with E-state index in [1.54, 1.807) is 18.2 Å². The number of aliphatic hydroxyl groups is 1. The molecule has 1 aromatic carbocycles. The van der Waals surface area contributed by atoms with Gasteiger partial charge in [-0.1, -0.05) is 18.2 Å². The Bertz CT molecular complexity index is 379. The van der Waals surface area contributed by atoms with E-state index >= 15 is 0 Å². The first-order chi connectivity index (χ1) is 8.02. The number of aliphatic hydroxyl groups excluding tert-OH is 1. The molecule has 17 heavy (non-hydrogen) atoms. The number of nitrogens with zero attached hydrogens (tertiary/aromatic N) is 1. The van der Waals surface area contributed by atoms with Gasteiger partial charge in [0.15, 0.2) is 6.29 Å². The fourth-order valence-electron chi connectivity index (χ4n) is 1.34. The molecule has 0 heterocycles. The zero-order chi connectivity index (χ0) is 12.8. The summed E-state index contributed by atoms with van der Waals surface area (Å²) < 4.78 is 5.18. The molecular weight excluding hydrogens is 222 g/mol. The van der Waals surface area contributed by atoms with Crippen molar-refractivity contribution in [3.8, 4) is 0 Å². The largest absolute Gasteiger partial charge is 0.478 e. The Labute approximate surface area is 100 Å². The van der Waals surface area contributed by atoms with Crippen LogP contribution in [0.1, 0.15) is 22.2 Å². The normalized spacial score (nSPS) is 12.7. The molecular formula is C12H17NO4. The Morgan fingerprint density at radius 2 is 2.06 bits per heavy atom. The lowest BCUT2D eigenvalue weighted by atomic mass is 10.1. The third kappa shape index (κ3) is 4.14. The summed E-state index contributed by atoms with van der Waals surface area (Å²) in [5.41, 5.74) is 0.337. The first-order valence-corrected chi connectivity index (χ1v) is 5.29. The topological polar surface area (TPSA) is 70.0 Å². The minimum atomic E-state index is -1.21. The Morgan fingerprint density at radius 3 is 2.65 bits per heavy atom. The van der Waals surface area contributed by atoms with E-state index in [4.69, 9.17) is 9.84 Å². The number of carbonyl (C=O) groups is 1. The summed E-state index contributed by atoms with van der Waals surface area (Å²) in [4.78, 5) is 12.8. The summed E-state index contributed by atoms with van der Waals surface area (Å²) in [5, 5.41) is 18.7. The van der Waals surface area contributed by atoms with E-state index < -0.39 is 12.3 Å². The fourth-order valence-corrected chi connectivity index (χ4v) is 1.34. The molecule has 0 aromatic heterocycles. The van der Waals surface area contributed by atoms with E-state index in [1.165, 1.54) is 6.07 Å². The highest BCUT2D eigenvalue weighted by molar-refractivity contribution is 5.89. The molecule has 94 valence electrons. The number of rotatable bonds is 6. The van der Waals surface area contributed by atoms with Crippen molar-refractivity contribution in [3.63, 3.8) is 0 Å². The third-order valence-electron chi connectivity index (χ3n) is 2.27. The number of ether oxygens (including phenoxy) is 1. The fraction of sp³-hybridized carbons (Fsp3) is 0.417. The predicted octanol–water partition coefficient (Wildman–Crippen LogP) is 0.954. The zero-order valence-electron chi connectivity index (χ0n) is 9.96. The van der Waals surface area contributed by atoms with Crippen molar-refractivity contribution in [1.29, 1.82) is 0 Å². The van der Waals surface area contributed by atoms with Gasteiger partial charge in [0.25, 0.3) is 0 Å². The summed E-state index contributed by atoms with van der Waals surface area (Å²) in [7, 11) is 3.78. The van der Waals surface area contributed by atoms with Crippen LogP contribution in [0.3, 0.4) is 0 Å². The maximum atomic E-state index is 10.9. The highest BCUT2D eigenvalue weighted by Gasteiger charge is 2.16. The second-order valence-corrected chi connectivity index (χ2v) is 3.92. The van der Waals surface area contributed by atoms with Gasteiger partial charge in [-0.05, 0) is 20.2 Å². The van der Waals surface area contributed by atoms with E-state index in [1.807, 2.05) is 19.0 Å². The van der Waals surface area contributed by atoms with E-state index in [0.717, 1.165) is 0 Å². The van der Waals surface area contributed by atoms with Crippen molar-refractivity contribution in [2.24, 2.45) is 0 Å². The number of likely N-dealkylation sites (N-methyl/N-ethyl adjacent to an activating group) is 1. The van der Waals surface area contributed by atoms with Gasteiger partial charge in [0.1, 0.15) is 0 Å². The molecule has 0 aliphatic heterocycles. The van der Waals surface area contributed by atoms with Crippen LogP contribution in [-0.2, 0) is 4.74 Å². The third-order valence-corrected chi connectivity index (χ3v) is 2.27. The van der Waals surface area contributed by atoms with E-state index in [-0.39, 0.29) is 11.1 Å². The lowest BCUT2D eigenvalue weighted by molar-refractivity contribution is -0.105. The van der Waals surface area contributed by atoms with E-state index in [0.29, 0.717) is 13.2 Å². The summed E-state index contributed by atoms with van der Waals surface area (Å²) in [6.07, 6.45) is -1.21. The molecule has 5 heteroatoms. The van der Waals surface area contributed by atoms with Gasteiger partial charge in [-0.15, -0.1) is 0 Å². The Hall–Kier alpha value is -1.43.